The predicted molar refractivity (Wildman–Crippen MR) is 68.4 cm³/mol. The molecule has 10 heteroatoms. The van der Waals surface area contributed by atoms with Gasteiger partial charge in [0.2, 0.25) is 0 Å². The molecule has 7 nitrogen and oxygen atoms in total. The maximum atomic E-state index is 12.9. The van der Waals surface area contributed by atoms with Crippen LogP contribution >= 0.6 is 0 Å². The third kappa shape index (κ3) is 3.22. The number of benzene rings is 1. The molecule has 4 N–H and O–H groups in total. The maximum Gasteiger partial charge on any atom is 0.418 e. The fraction of sp³-hybridized carbons (Fsp3) is 0.182. The van der Waals surface area contributed by atoms with Crippen molar-refractivity contribution >= 4 is 17.2 Å². The number of nitro benzene ring substituents is 1. The van der Waals surface area contributed by atoms with Crippen molar-refractivity contribution in [2.75, 3.05) is 11.1 Å². The van der Waals surface area contributed by atoms with Crippen LogP contribution in [0.2, 0.25) is 0 Å². The lowest BCUT2D eigenvalue weighted by atomic mass is 10.1. The van der Waals surface area contributed by atoms with Gasteiger partial charge in [0.05, 0.1) is 16.7 Å². The topological polar surface area (TPSA) is 110 Å². The van der Waals surface area contributed by atoms with Gasteiger partial charge in [0.15, 0.2) is 0 Å². The van der Waals surface area contributed by atoms with Crippen molar-refractivity contribution in [2.24, 2.45) is 0 Å². The van der Waals surface area contributed by atoms with Crippen molar-refractivity contribution in [1.29, 1.82) is 0 Å². The van der Waals surface area contributed by atoms with Crippen LogP contribution in [-0.4, -0.2) is 15.1 Å². The van der Waals surface area contributed by atoms with Crippen molar-refractivity contribution in [3.8, 4) is 0 Å². The number of anilines is 2. The number of nitrogen functional groups attached to an aromatic ring is 1. The summed E-state index contributed by atoms with van der Waals surface area (Å²) in [6.07, 6.45) is -3.34. The monoisotopic (exact) mass is 301 g/mol. The minimum Gasteiger partial charge on any atom is -0.384 e. The van der Waals surface area contributed by atoms with E-state index in [2.05, 4.69) is 15.5 Å². The summed E-state index contributed by atoms with van der Waals surface area (Å²) in [4.78, 5) is 9.69. The van der Waals surface area contributed by atoms with E-state index in [1.54, 1.807) is 0 Å². The Labute approximate surface area is 116 Å². The van der Waals surface area contributed by atoms with E-state index in [-0.39, 0.29) is 18.1 Å². The van der Waals surface area contributed by atoms with E-state index >= 15 is 0 Å². The van der Waals surface area contributed by atoms with Gasteiger partial charge in [-0.05, 0) is 6.07 Å². The number of H-pyrrole nitrogens is 1. The average Bonchev–Trinajstić information content (AvgIpc) is 2.80. The summed E-state index contributed by atoms with van der Waals surface area (Å²) in [6.45, 7) is 0.00320. The molecular weight excluding hydrogens is 291 g/mol. The van der Waals surface area contributed by atoms with Gasteiger partial charge in [-0.3, -0.25) is 15.2 Å². The first-order chi connectivity index (χ1) is 9.79. The number of halogens is 3. The molecule has 1 aromatic heterocycles. The van der Waals surface area contributed by atoms with E-state index in [4.69, 9.17) is 5.73 Å². The molecule has 2 aromatic rings. The molecule has 21 heavy (non-hydrogen) atoms. The molecule has 0 unspecified atom stereocenters. The number of rotatable bonds is 4. The van der Waals surface area contributed by atoms with Gasteiger partial charge in [-0.1, -0.05) is 0 Å². The van der Waals surface area contributed by atoms with Crippen LogP contribution in [0.4, 0.5) is 30.4 Å². The van der Waals surface area contributed by atoms with Crippen molar-refractivity contribution in [1.82, 2.24) is 10.2 Å². The summed E-state index contributed by atoms with van der Waals surface area (Å²) < 4.78 is 38.8. The normalized spacial score (nSPS) is 11.4. The average molecular weight is 301 g/mol. The van der Waals surface area contributed by atoms with Gasteiger partial charge in [0, 0.05) is 29.9 Å². The SMILES string of the molecule is Nc1[nH]ncc1CNc1ccc([N+](=O)[O-])cc1C(F)(F)F. The highest BCUT2D eigenvalue weighted by atomic mass is 19.4. The van der Waals surface area contributed by atoms with Crippen LogP contribution in [0.15, 0.2) is 24.4 Å². The van der Waals surface area contributed by atoms with E-state index in [1.165, 1.54) is 6.20 Å². The highest BCUT2D eigenvalue weighted by Crippen LogP contribution is 2.37. The number of nitrogens with two attached hydrogens (primary N) is 1. The number of alkyl halides is 3. The minimum absolute atomic E-state index is 0.00320. The van der Waals surface area contributed by atoms with Gasteiger partial charge in [0.25, 0.3) is 5.69 Å². The number of non-ortho nitro benzene ring substituents is 1. The van der Waals surface area contributed by atoms with E-state index < -0.39 is 22.4 Å². The van der Waals surface area contributed by atoms with Crippen LogP contribution in [-0.2, 0) is 12.7 Å². The molecule has 1 aromatic carbocycles. The standard InChI is InChI=1S/C11H10F3N5O2/c12-11(13,14)8-3-7(19(20)21)1-2-9(8)16-4-6-5-17-18-10(6)15/h1-3,5,16H,4H2,(H3,15,17,18). The van der Waals surface area contributed by atoms with Crippen molar-refractivity contribution < 1.29 is 18.1 Å². The van der Waals surface area contributed by atoms with Gasteiger partial charge in [-0.15, -0.1) is 0 Å². The minimum atomic E-state index is -4.71. The predicted octanol–water partition coefficient (Wildman–Crippen LogP) is 2.53. The molecule has 0 saturated carbocycles. The Morgan fingerprint density at radius 3 is 2.67 bits per heavy atom. The zero-order chi connectivity index (χ0) is 15.6. The number of nitro groups is 1. The Morgan fingerprint density at radius 2 is 2.14 bits per heavy atom. The second-order valence-electron chi connectivity index (χ2n) is 4.15. The fourth-order valence-corrected chi connectivity index (χ4v) is 1.69. The summed E-state index contributed by atoms with van der Waals surface area (Å²) in [7, 11) is 0. The Balaban J connectivity index is 2.30. The van der Waals surface area contributed by atoms with E-state index in [0.717, 1.165) is 12.1 Å². The molecule has 0 aliphatic heterocycles. The molecule has 0 saturated heterocycles. The van der Waals surface area contributed by atoms with Crippen LogP contribution in [0.3, 0.4) is 0 Å². The second-order valence-corrected chi connectivity index (χ2v) is 4.15. The largest absolute Gasteiger partial charge is 0.418 e. The Kier molecular flexibility index (Phi) is 3.70. The van der Waals surface area contributed by atoms with Crippen LogP contribution in [0.25, 0.3) is 0 Å². The van der Waals surface area contributed by atoms with E-state index in [1.807, 2.05) is 0 Å². The lowest BCUT2D eigenvalue weighted by molar-refractivity contribution is -0.385. The fourth-order valence-electron chi connectivity index (χ4n) is 1.69. The van der Waals surface area contributed by atoms with Crippen molar-refractivity contribution in [3.63, 3.8) is 0 Å². The van der Waals surface area contributed by atoms with Crippen LogP contribution < -0.4 is 11.1 Å². The third-order valence-corrected chi connectivity index (χ3v) is 2.74. The summed E-state index contributed by atoms with van der Waals surface area (Å²) in [5.41, 5.74) is 4.00. The molecule has 1 heterocycles. The van der Waals surface area contributed by atoms with Gasteiger partial charge >= 0.3 is 6.18 Å². The van der Waals surface area contributed by atoms with E-state index in [9.17, 15) is 23.3 Å². The number of nitrogens with one attached hydrogen (secondary N) is 2. The van der Waals surface area contributed by atoms with Crippen molar-refractivity contribution in [3.05, 3.63) is 45.6 Å². The van der Waals surface area contributed by atoms with Gasteiger partial charge < -0.3 is 11.1 Å². The Bertz CT molecular complexity index is 668. The Morgan fingerprint density at radius 1 is 1.43 bits per heavy atom. The third-order valence-electron chi connectivity index (χ3n) is 2.74. The molecule has 0 aliphatic carbocycles. The van der Waals surface area contributed by atoms with Gasteiger partial charge in [-0.25, -0.2) is 0 Å². The molecule has 0 fully saturated rings. The molecule has 0 amide bonds. The number of hydrogen-bond donors (Lipinski definition) is 3. The first kappa shape index (κ1) is 14.6. The summed E-state index contributed by atoms with van der Waals surface area (Å²) in [5.74, 6) is 0.234. The molecule has 0 radical (unpaired) electrons. The number of aromatic nitrogens is 2. The van der Waals surface area contributed by atoms with Gasteiger partial charge in [-0.2, -0.15) is 18.3 Å². The highest BCUT2D eigenvalue weighted by Gasteiger charge is 2.35. The zero-order valence-corrected chi connectivity index (χ0v) is 10.4. The molecular formula is C11H10F3N5O2. The molecule has 0 aliphatic rings. The summed E-state index contributed by atoms with van der Waals surface area (Å²) >= 11 is 0. The maximum absolute atomic E-state index is 12.9. The lowest BCUT2D eigenvalue weighted by Gasteiger charge is -2.14. The molecule has 112 valence electrons. The smallest absolute Gasteiger partial charge is 0.384 e. The molecule has 0 spiro atoms. The van der Waals surface area contributed by atoms with Crippen LogP contribution in [0, 0.1) is 10.1 Å². The first-order valence-corrected chi connectivity index (χ1v) is 5.66. The highest BCUT2D eigenvalue weighted by molar-refractivity contribution is 5.58. The first-order valence-electron chi connectivity index (χ1n) is 5.66. The quantitative estimate of drug-likeness (QED) is 0.593. The number of aromatic amines is 1. The second kappa shape index (κ2) is 5.31. The number of hydrogen-bond acceptors (Lipinski definition) is 5. The zero-order valence-electron chi connectivity index (χ0n) is 10.4. The molecule has 0 bridgehead atoms. The number of nitrogens with zero attached hydrogens (tertiary/aromatic N) is 2. The van der Waals surface area contributed by atoms with Crippen LogP contribution in [0.5, 0.6) is 0 Å². The van der Waals surface area contributed by atoms with E-state index in [0.29, 0.717) is 11.6 Å². The lowest BCUT2D eigenvalue weighted by Crippen LogP contribution is -2.11. The molecule has 0 atom stereocenters. The summed E-state index contributed by atoms with van der Waals surface area (Å²) in [5, 5.41) is 19.2. The molecule has 2 rings (SSSR count). The Hall–Kier alpha value is -2.78. The van der Waals surface area contributed by atoms with Crippen molar-refractivity contribution in [2.45, 2.75) is 12.7 Å². The van der Waals surface area contributed by atoms with Gasteiger partial charge in [0.1, 0.15) is 5.82 Å². The summed E-state index contributed by atoms with van der Waals surface area (Å²) in [6, 6.07) is 2.49. The van der Waals surface area contributed by atoms with Crippen LogP contribution in [0.1, 0.15) is 11.1 Å².